The molecule has 19 heavy (non-hydrogen) atoms. The van der Waals surface area contributed by atoms with Crippen LogP contribution in [0.5, 0.6) is 0 Å². The maximum absolute atomic E-state index is 4.59. The molecule has 0 spiro atoms. The zero-order chi connectivity index (χ0) is 13.1. The van der Waals surface area contributed by atoms with Crippen molar-refractivity contribution in [2.75, 3.05) is 11.9 Å². The third kappa shape index (κ3) is 2.27. The zero-order valence-electron chi connectivity index (χ0n) is 10.7. The topological polar surface area (TPSA) is 55.1 Å². The average molecular weight is 253 g/mol. The first-order chi connectivity index (χ1) is 9.38. The van der Waals surface area contributed by atoms with Crippen LogP contribution in [0.2, 0.25) is 0 Å². The first-order valence-electron chi connectivity index (χ1n) is 6.37. The highest BCUT2D eigenvalue weighted by atomic mass is 15.0. The van der Waals surface area contributed by atoms with Gasteiger partial charge in [0.05, 0.1) is 18.1 Å². The second-order valence-electron chi connectivity index (χ2n) is 4.28. The lowest BCUT2D eigenvalue weighted by atomic mass is 10.2. The lowest BCUT2D eigenvalue weighted by molar-refractivity contribution is 0.964. The molecule has 0 fully saturated rings. The summed E-state index contributed by atoms with van der Waals surface area (Å²) in [6.45, 7) is 3.02. The second-order valence-corrected chi connectivity index (χ2v) is 4.28. The Labute approximate surface area is 111 Å². The minimum Gasteiger partial charge on any atom is -0.369 e. The Morgan fingerprint density at radius 2 is 2.21 bits per heavy atom. The highest BCUT2D eigenvalue weighted by Crippen LogP contribution is 2.18. The Morgan fingerprint density at radius 1 is 1.26 bits per heavy atom. The van der Waals surface area contributed by atoms with Gasteiger partial charge in [-0.2, -0.15) is 0 Å². The van der Waals surface area contributed by atoms with Crippen molar-refractivity contribution in [1.29, 1.82) is 0 Å². The summed E-state index contributed by atoms with van der Waals surface area (Å²) in [5.41, 5.74) is 2.73. The second kappa shape index (κ2) is 5.06. The predicted molar refractivity (Wildman–Crippen MR) is 75.0 cm³/mol. The fourth-order valence-electron chi connectivity index (χ4n) is 1.98. The van der Waals surface area contributed by atoms with Crippen LogP contribution in [-0.4, -0.2) is 25.9 Å². The minimum absolute atomic E-state index is 0.802. The number of imidazole rings is 1. The molecule has 0 unspecified atom stereocenters. The van der Waals surface area contributed by atoms with Crippen molar-refractivity contribution >= 4 is 11.5 Å². The molecule has 0 aliphatic carbocycles. The number of nitrogens with one attached hydrogen (secondary N) is 1. The summed E-state index contributed by atoms with van der Waals surface area (Å²) >= 11 is 0. The van der Waals surface area contributed by atoms with Gasteiger partial charge in [0.25, 0.3) is 0 Å². The van der Waals surface area contributed by atoms with E-state index < -0.39 is 0 Å². The summed E-state index contributed by atoms with van der Waals surface area (Å²) in [5, 5.41) is 3.25. The van der Waals surface area contributed by atoms with Crippen LogP contribution < -0.4 is 5.32 Å². The van der Waals surface area contributed by atoms with E-state index >= 15 is 0 Å². The number of nitrogens with zero attached hydrogens (tertiary/aromatic N) is 4. The first kappa shape index (κ1) is 11.6. The van der Waals surface area contributed by atoms with E-state index in [1.165, 1.54) is 0 Å². The molecule has 3 aromatic rings. The van der Waals surface area contributed by atoms with Crippen LogP contribution >= 0.6 is 0 Å². The molecule has 0 atom stereocenters. The van der Waals surface area contributed by atoms with Crippen LogP contribution in [0.3, 0.4) is 0 Å². The van der Waals surface area contributed by atoms with Gasteiger partial charge in [0.1, 0.15) is 17.2 Å². The molecule has 0 saturated heterocycles. The third-order valence-electron chi connectivity index (χ3n) is 2.88. The average Bonchev–Trinajstić information content (AvgIpc) is 2.93. The Morgan fingerprint density at radius 3 is 3.11 bits per heavy atom. The van der Waals surface area contributed by atoms with Gasteiger partial charge in [-0.05, 0) is 18.6 Å². The molecule has 0 aromatic carbocycles. The molecule has 96 valence electrons. The van der Waals surface area contributed by atoms with Crippen LogP contribution in [0.15, 0.2) is 43.0 Å². The van der Waals surface area contributed by atoms with Gasteiger partial charge >= 0.3 is 0 Å². The Bertz CT molecular complexity index is 689. The molecule has 3 rings (SSSR count). The van der Waals surface area contributed by atoms with E-state index in [1.807, 2.05) is 28.8 Å². The summed E-state index contributed by atoms with van der Waals surface area (Å²) in [6, 6.07) is 5.96. The zero-order valence-corrected chi connectivity index (χ0v) is 10.7. The van der Waals surface area contributed by atoms with Crippen LogP contribution in [0.1, 0.15) is 13.3 Å². The normalized spacial score (nSPS) is 10.8. The van der Waals surface area contributed by atoms with E-state index in [0.717, 1.165) is 35.8 Å². The monoisotopic (exact) mass is 253 g/mol. The highest BCUT2D eigenvalue weighted by Gasteiger charge is 2.06. The van der Waals surface area contributed by atoms with Crippen molar-refractivity contribution < 1.29 is 0 Å². The number of anilines is 1. The quantitative estimate of drug-likeness (QED) is 0.776. The molecule has 5 nitrogen and oxygen atoms in total. The molecule has 0 amide bonds. The standard InChI is InChI=1S/C14H15N5/c1-2-6-16-13-10-15-9-11(18-13)12-4-3-5-14-17-7-8-19(12)14/h3-5,7-10H,2,6H2,1H3,(H,16,18). The maximum Gasteiger partial charge on any atom is 0.145 e. The molecule has 0 aliphatic heterocycles. The van der Waals surface area contributed by atoms with Crippen molar-refractivity contribution in [3.8, 4) is 11.4 Å². The minimum atomic E-state index is 0.802. The van der Waals surface area contributed by atoms with Gasteiger partial charge in [0, 0.05) is 18.9 Å². The molecule has 0 radical (unpaired) electrons. The number of pyridine rings is 1. The molecule has 3 heterocycles. The van der Waals surface area contributed by atoms with Gasteiger partial charge < -0.3 is 5.32 Å². The van der Waals surface area contributed by atoms with Crippen molar-refractivity contribution in [3.63, 3.8) is 0 Å². The Kier molecular flexibility index (Phi) is 3.10. The van der Waals surface area contributed by atoms with Crippen LogP contribution in [0, 0.1) is 0 Å². The number of hydrogen-bond acceptors (Lipinski definition) is 4. The number of aromatic nitrogens is 4. The number of hydrogen-bond donors (Lipinski definition) is 1. The maximum atomic E-state index is 4.59. The molecule has 3 aromatic heterocycles. The fourth-order valence-corrected chi connectivity index (χ4v) is 1.98. The Balaban J connectivity index is 2.03. The van der Waals surface area contributed by atoms with E-state index in [1.54, 1.807) is 18.6 Å². The van der Waals surface area contributed by atoms with E-state index in [9.17, 15) is 0 Å². The molecule has 1 N–H and O–H groups in total. The fraction of sp³-hybridized carbons (Fsp3) is 0.214. The summed E-state index contributed by atoms with van der Waals surface area (Å²) < 4.78 is 2.01. The summed E-state index contributed by atoms with van der Waals surface area (Å²) in [4.78, 5) is 13.1. The van der Waals surface area contributed by atoms with Gasteiger partial charge in [-0.3, -0.25) is 9.38 Å². The smallest absolute Gasteiger partial charge is 0.145 e. The van der Waals surface area contributed by atoms with Crippen molar-refractivity contribution in [2.45, 2.75) is 13.3 Å². The van der Waals surface area contributed by atoms with E-state index in [0.29, 0.717) is 0 Å². The van der Waals surface area contributed by atoms with E-state index in [4.69, 9.17) is 0 Å². The van der Waals surface area contributed by atoms with Crippen molar-refractivity contribution in [3.05, 3.63) is 43.0 Å². The molecular weight excluding hydrogens is 238 g/mol. The Hall–Kier alpha value is -2.43. The summed E-state index contributed by atoms with van der Waals surface area (Å²) in [5.74, 6) is 0.802. The van der Waals surface area contributed by atoms with Gasteiger partial charge in [-0.15, -0.1) is 0 Å². The summed E-state index contributed by atoms with van der Waals surface area (Å²) in [6.07, 6.45) is 8.28. The SMILES string of the molecule is CCCNc1cncc(-c2cccc3nccn23)n1. The third-order valence-corrected chi connectivity index (χ3v) is 2.88. The predicted octanol–water partition coefficient (Wildman–Crippen LogP) is 2.61. The first-order valence-corrected chi connectivity index (χ1v) is 6.37. The van der Waals surface area contributed by atoms with Gasteiger partial charge in [-0.1, -0.05) is 13.0 Å². The van der Waals surface area contributed by atoms with Crippen molar-refractivity contribution in [2.24, 2.45) is 0 Å². The van der Waals surface area contributed by atoms with Crippen LogP contribution in [0.25, 0.3) is 17.0 Å². The van der Waals surface area contributed by atoms with Crippen LogP contribution in [-0.2, 0) is 0 Å². The molecule has 5 heteroatoms. The van der Waals surface area contributed by atoms with Gasteiger partial charge in [-0.25, -0.2) is 9.97 Å². The lowest BCUT2D eigenvalue weighted by Gasteiger charge is -2.07. The van der Waals surface area contributed by atoms with Crippen LogP contribution in [0.4, 0.5) is 5.82 Å². The molecule has 0 saturated carbocycles. The lowest BCUT2D eigenvalue weighted by Crippen LogP contribution is -2.03. The molecule has 0 aliphatic rings. The molecule has 0 bridgehead atoms. The number of fused-ring (bicyclic) bond motifs is 1. The number of rotatable bonds is 4. The molecular formula is C14H15N5. The summed E-state index contributed by atoms with van der Waals surface area (Å²) in [7, 11) is 0. The van der Waals surface area contributed by atoms with Crippen molar-refractivity contribution in [1.82, 2.24) is 19.4 Å². The van der Waals surface area contributed by atoms with Gasteiger partial charge in [0.2, 0.25) is 0 Å². The highest BCUT2D eigenvalue weighted by molar-refractivity contribution is 5.60. The van der Waals surface area contributed by atoms with Gasteiger partial charge in [0.15, 0.2) is 0 Å². The largest absolute Gasteiger partial charge is 0.369 e. The van der Waals surface area contributed by atoms with E-state index in [2.05, 4.69) is 27.2 Å². The van der Waals surface area contributed by atoms with E-state index in [-0.39, 0.29) is 0 Å².